The molecule has 2 bridgehead atoms. The number of benzene rings is 1. The summed E-state index contributed by atoms with van der Waals surface area (Å²) in [6, 6.07) is 7.73. The van der Waals surface area contributed by atoms with Crippen molar-refractivity contribution in [2.75, 3.05) is 5.32 Å². The molecule has 0 aromatic heterocycles. The molecule has 0 radical (unpaired) electrons. The Hall–Kier alpha value is -1.03. The molecule has 2 saturated carbocycles. The molecule has 3 rings (SSSR count). The number of hydrogen-bond donors (Lipinski definition) is 2. The first-order chi connectivity index (χ1) is 8.60. The molecule has 96 valence electrons. The fourth-order valence-electron chi connectivity index (χ4n) is 3.59. The highest BCUT2D eigenvalue weighted by Crippen LogP contribution is 2.52. The van der Waals surface area contributed by atoms with Crippen molar-refractivity contribution in [2.45, 2.75) is 31.2 Å². The molecule has 2 fully saturated rings. The summed E-state index contributed by atoms with van der Waals surface area (Å²) in [5.41, 5.74) is 0.157. The lowest BCUT2D eigenvalue weighted by atomic mass is 9.80. The fourth-order valence-corrected chi connectivity index (χ4v) is 3.85. The molecule has 3 atom stereocenters. The number of nitrogens with one attached hydrogen (secondary N) is 1. The molecule has 2 aliphatic carbocycles. The molecule has 0 heterocycles. The molecule has 3 nitrogen and oxygen atoms in total. The molecule has 18 heavy (non-hydrogen) atoms. The van der Waals surface area contributed by atoms with Crippen LogP contribution in [0.5, 0.6) is 0 Å². The van der Waals surface area contributed by atoms with E-state index in [-0.39, 0.29) is 5.92 Å². The van der Waals surface area contributed by atoms with Crippen LogP contribution in [0, 0.1) is 11.8 Å². The summed E-state index contributed by atoms with van der Waals surface area (Å²) in [6.45, 7) is 0. The Morgan fingerprint density at radius 3 is 2.56 bits per heavy atom. The van der Waals surface area contributed by atoms with Crippen LogP contribution in [0.1, 0.15) is 25.7 Å². The third-order valence-corrected chi connectivity index (χ3v) is 4.97. The Morgan fingerprint density at radius 2 is 2.06 bits per heavy atom. The molecule has 3 unspecified atom stereocenters. The second-order valence-corrected chi connectivity index (χ2v) is 6.40. The lowest BCUT2D eigenvalue weighted by molar-refractivity contribution is -0.144. The van der Waals surface area contributed by atoms with Gasteiger partial charge >= 0.3 is 5.97 Å². The van der Waals surface area contributed by atoms with Gasteiger partial charge in [-0.15, -0.1) is 0 Å². The van der Waals surface area contributed by atoms with E-state index in [1.807, 2.05) is 24.3 Å². The molecule has 2 aliphatic rings. The van der Waals surface area contributed by atoms with Gasteiger partial charge in [0.1, 0.15) is 5.54 Å². The summed E-state index contributed by atoms with van der Waals surface area (Å²) in [5.74, 6) is 0.176. The molecule has 1 aromatic carbocycles. The number of rotatable bonds is 3. The standard InChI is InChI=1S/C14H16BrNO2/c15-11-3-5-12(6-4-11)16-14(13(17)18)8-9-1-2-10(14)7-9/h3-6,9-10,16H,1-2,7-8H2,(H,17,18). The van der Waals surface area contributed by atoms with E-state index in [0.29, 0.717) is 5.92 Å². The maximum atomic E-state index is 11.7. The Bertz CT molecular complexity index is 473. The molecule has 2 N–H and O–H groups in total. The summed E-state index contributed by atoms with van der Waals surface area (Å²) in [4.78, 5) is 11.7. The molecule has 0 amide bonds. The monoisotopic (exact) mass is 309 g/mol. The molecule has 0 spiro atoms. The van der Waals surface area contributed by atoms with E-state index in [0.717, 1.165) is 29.4 Å². The van der Waals surface area contributed by atoms with Crippen molar-refractivity contribution >= 4 is 27.6 Å². The van der Waals surface area contributed by atoms with Crippen molar-refractivity contribution < 1.29 is 9.90 Å². The van der Waals surface area contributed by atoms with Gasteiger partial charge in [0.05, 0.1) is 0 Å². The first-order valence-electron chi connectivity index (χ1n) is 6.37. The van der Waals surface area contributed by atoms with Gasteiger partial charge in [0.2, 0.25) is 0 Å². The van der Waals surface area contributed by atoms with Crippen LogP contribution in [-0.2, 0) is 4.79 Å². The second-order valence-electron chi connectivity index (χ2n) is 5.49. The summed E-state index contributed by atoms with van der Waals surface area (Å²) >= 11 is 3.39. The third-order valence-electron chi connectivity index (χ3n) is 4.44. The van der Waals surface area contributed by atoms with Crippen LogP contribution >= 0.6 is 15.9 Å². The van der Waals surface area contributed by atoms with E-state index in [1.54, 1.807) is 0 Å². The quantitative estimate of drug-likeness (QED) is 0.898. The zero-order valence-corrected chi connectivity index (χ0v) is 11.6. The van der Waals surface area contributed by atoms with Gasteiger partial charge in [0.25, 0.3) is 0 Å². The van der Waals surface area contributed by atoms with E-state index < -0.39 is 11.5 Å². The van der Waals surface area contributed by atoms with E-state index >= 15 is 0 Å². The van der Waals surface area contributed by atoms with E-state index in [2.05, 4.69) is 21.2 Å². The van der Waals surface area contributed by atoms with Crippen molar-refractivity contribution in [1.82, 2.24) is 0 Å². The van der Waals surface area contributed by atoms with E-state index in [9.17, 15) is 9.90 Å². The molecular weight excluding hydrogens is 294 g/mol. The van der Waals surface area contributed by atoms with Gasteiger partial charge in [0, 0.05) is 10.2 Å². The predicted molar refractivity (Wildman–Crippen MR) is 73.6 cm³/mol. The highest BCUT2D eigenvalue weighted by atomic mass is 79.9. The minimum atomic E-state index is -0.739. The SMILES string of the molecule is O=C(O)C1(Nc2ccc(Br)cc2)CC2CCC1C2. The number of anilines is 1. The maximum Gasteiger partial charge on any atom is 0.329 e. The van der Waals surface area contributed by atoms with Gasteiger partial charge in [-0.3, -0.25) is 0 Å². The Kier molecular flexibility index (Phi) is 2.85. The number of carboxylic acids is 1. The third kappa shape index (κ3) is 1.83. The molecule has 4 heteroatoms. The fraction of sp³-hybridized carbons (Fsp3) is 0.500. The number of halogens is 1. The lowest BCUT2D eigenvalue weighted by Crippen LogP contribution is -2.50. The largest absolute Gasteiger partial charge is 0.479 e. The van der Waals surface area contributed by atoms with Crippen LogP contribution in [0.3, 0.4) is 0 Å². The molecule has 0 aliphatic heterocycles. The van der Waals surface area contributed by atoms with Crippen molar-refractivity contribution in [3.05, 3.63) is 28.7 Å². The highest BCUT2D eigenvalue weighted by molar-refractivity contribution is 9.10. The lowest BCUT2D eigenvalue weighted by Gasteiger charge is -2.35. The summed E-state index contributed by atoms with van der Waals surface area (Å²) < 4.78 is 1.00. The highest BCUT2D eigenvalue weighted by Gasteiger charge is 2.56. The van der Waals surface area contributed by atoms with Crippen molar-refractivity contribution in [1.29, 1.82) is 0 Å². The molecule has 1 aromatic rings. The van der Waals surface area contributed by atoms with Crippen molar-refractivity contribution in [2.24, 2.45) is 11.8 Å². The van der Waals surface area contributed by atoms with Crippen LogP contribution in [0.4, 0.5) is 5.69 Å². The van der Waals surface area contributed by atoms with Gasteiger partial charge in [-0.25, -0.2) is 4.79 Å². The normalized spacial score (nSPS) is 33.6. The smallest absolute Gasteiger partial charge is 0.329 e. The number of fused-ring (bicyclic) bond motifs is 2. The Balaban J connectivity index is 1.88. The minimum Gasteiger partial charge on any atom is -0.479 e. The van der Waals surface area contributed by atoms with E-state index in [4.69, 9.17) is 0 Å². The molecular formula is C14H16BrNO2. The van der Waals surface area contributed by atoms with Gasteiger partial charge in [-0.05, 0) is 61.8 Å². The van der Waals surface area contributed by atoms with Gasteiger partial charge in [0.15, 0.2) is 0 Å². The van der Waals surface area contributed by atoms with Gasteiger partial charge in [-0.2, -0.15) is 0 Å². The minimum absolute atomic E-state index is 0.281. The maximum absolute atomic E-state index is 11.7. The zero-order valence-electron chi connectivity index (χ0n) is 10.0. The van der Waals surface area contributed by atoms with E-state index in [1.165, 1.54) is 6.42 Å². The first-order valence-corrected chi connectivity index (χ1v) is 7.16. The van der Waals surface area contributed by atoms with Crippen LogP contribution in [0.15, 0.2) is 28.7 Å². The number of carbonyl (C=O) groups is 1. The number of carboxylic acid groups (broad SMARTS) is 1. The predicted octanol–water partition coefficient (Wildman–Crippen LogP) is 3.50. The summed E-state index contributed by atoms with van der Waals surface area (Å²) in [7, 11) is 0. The van der Waals surface area contributed by atoms with Crippen LogP contribution < -0.4 is 5.32 Å². The molecule has 0 saturated heterocycles. The number of aliphatic carboxylic acids is 1. The van der Waals surface area contributed by atoms with Gasteiger partial charge < -0.3 is 10.4 Å². The van der Waals surface area contributed by atoms with Crippen LogP contribution in [0.2, 0.25) is 0 Å². The second kappa shape index (κ2) is 4.26. The van der Waals surface area contributed by atoms with Crippen LogP contribution in [-0.4, -0.2) is 16.6 Å². The van der Waals surface area contributed by atoms with Crippen molar-refractivity contribution in [3.63, 3.8) is 0 Å². The zero-order chi connectivity index (χ0) is 12.8. The summed E-state index contributed by atoms with van der Waals surface area (Å²) in [5, 5.41) is 12.9. The van der Waals surface area contributed by atoms with Crippen LogP contribution in [0.25, 0.3) is 0 Å². The Labute approximate surface area is 115 Å². The van der Waals surface area contributed by atoms with Crippen molar-refractivity contribution in [3.8, 4) is 0 Å². The Morgan fingerprint density at radius 1 is 1.33 bits per heavy atom. The summed E-state index contributed by atoms with van der Waals surface area (Å²) in [6.07, 6.45) is 4.07. The average molecular weight is 310 g/mol. The average Bonchev–Trinajstić information content (AvgIpc) is 2.93. The first kappa shape index (κ1) is 12.0. The number of hydrogen-bond acceptors (Lipinski definition) is 2. The van der Waals surface area contributed by atoms with Gasteiger partial charge in [-0.1, -0.05) is 15.9 Å². The topological polar surface area (TPSA) is 49.3 Å².